The van der Waals surface area contributed by atoms with Crippen molar-refractivity contribution in [1.82, 2.24) is 0 Å². The molecule has 1 aliphatic rings. The summed E-state index contributed by atoms with van der Waals surface area (Å²) in [5, 5.41) is 0. The smallest absolute Gasteiger partial charge is 0.310 e. The van der Waals surface area contributed by atoms with E-state index in [9.17, 15) is 22.4 Å². The molecule has 0 saturated heterocycles. The number of carbonyl (C=O) groups is 1. The van der Waals surface area contributed by atoms with E-state index in [1.807, 2.05) is 0 Å². The van der Waals surface area contributed by atoms with Gasteiger partial charge in [0.05, 0.1) is 5.92 Å². The van der Waals surface area contributed by atoms with E-state index in [0.717, 1.165) is 12.1 Å². The van der Waals surface area contributed by atoms with Gasteiger partial charge >= 0.3 is 5.97 Å². The van der Waals surface area contributed by atoms with Gasteiger partial charge in [-0.25, -0.2) is 8.78 Å². The Bertz CT molecular complexity index is 678. The number of halogens is 4. The summed E-state index contributed by atoms with van der Waals surface area (Å²) < 4.78 is 58.1. The lowest BCUT2D eigenvalue weighted by atomic mass is 9.97. The fourth-order valence-electron chi connectivity index (χ4n) is 3.50. The van der Waals surface area contributed by atoms with Crippen LogP contribution >= 0.6 is 0 Å². The lowest BCUT2D eigenvalue weighted by Crippen LogP contribution is -2.14. The van der Waals surface area contributed by atoms with E-state index in [1.165, 1.54) is 0 Å². The largest absolute Gasteiger partial charge is 0.461 e. The molecule has 138 valence electrons. The van der Waals surface area contributed by atoms with Crippen molar-refractivity contribution in [3.8, 4) is 0 Å². The van der Waals surface area contributed by atoms with E-state index in [-0.39, 0.29) is 6.61 Å². The second kappa shape index (κ2) is 7.18. The van der Waals surface area contributed by atoms with Gasteiger partial charge in [0.15, 0.2) is 0 Å². The van der Waals surface area contributed by atoms with Gasteiger partial charge in [0, 0.05) is 17.5 Å². The molecule has 1 aromatic rings. The first-order chi connectivity index (χ1) is 11.6. The predicted molar refractivity (Wildman–Crippen MR) is 86.0 cm³/mol. The van der Waals surface area contributed by atoms with Crippen LogP contribution in [0.25, 0.3) is 0 Å². The highest BCUT2D eigenvalue weighted by atomic mass is 19.3. The lowest BCUT2D eigenvalue weighted by molar-refractivity contribution is -0.147. The fourth-order valence-corrected chi connectivity index (χ4v) is 3.50. The quantitative estimate of drug-likeness (QED) is 0.517. The number of rotatable bonds is 6. The van der Waals surface area contributed by atoms with E-state index in [2.05, 4.69) is 0 Å². The van der Waals surface area contributed by atoms with Crippen LogP contribution in [0.1, 0.15) is 44.4 Å². The average Bonchev–Trinajstić information content (AvgIpc) is 3.04. The van der Waals surface area contributed by atoms with Crippen LogP contribution in [0.4, 0.5) is 17.6 Å². The molecule has 0 bridgehead atoms. The van der Waals surface area contributed by atoms with Crippen LogP contribution in [0, 0.1) is 28.9 Å². The molecule has 2 atom stereocenters. The van der Waals surface area contributed by atoms with Gasteiger partial charge in [-0.2, -0.15) is 8.78 Å². The van der Waals surface area contributed by atoms with Crippen LogP contribution in [-0.4, -0.2) is 5.97 Å². The van der Waals surface area contributed by atoms with Crippen molar-refractivity contribution in [2.45, 2.75) is 47.1 Å². The molecule has 0 N–H and O–H groups in total. The van der Waals surface area contributed by atoms with Crippen molar-refractivity contribution < 1.29 is 27.1 Å². The Labute approximate surface area is 144 Å². The summed E-state index contributed by atoms with van der Waals surface area (Å²) >= 11 is 0. The van der Waals surface area contributed by atoms with Crippen molar-refractivity contribution >= 4 is 5.97 Å². The average molecular weight is 358 g/mol. The highest BCUT2D eigenvalue weighted by Crippen LogP contribution is 2.60. The first-order valence-corrected chi connectivity index (χ1v) is 8.33. The molecule has 1 aliphatic carbocycles. The second-order valence-electron chi connectivity index (χ2n) is 6.87. The molecule has 25 heavy (non-hydrogen) atoms. The van der Waals surface area contributed by atoms with Crippen molar-refractivity contribution in [3.05, 3.63) is 46.5 Å². The van der Waals surface area contributed by atoms with E-state index in [1.54, 1.807) is 27.7 Å². The first kappa shape index (κ1) is 19.5. The number of hydrogen-bond acceptors (Lipinski definition) is 2. The topological polar surface area (TPSA) is 26.3 Å². The Balaban J connectivity index is 2.20. The van der Waals surface area contributed by atoms with Gasteiger partial charge < -0.3 is 4.74 Å². The van der Waals surface area contributed by atoms with Crippen molar-refractivity contribution in [2.75, 3.05) is 0 Å². The normalized spacial score (nSPS) is 21.0. The van der Waals surface area contributed by atoms with Gasteiger partial charge in [-0.15, -0.1) is 0 Å². The van der Waals surface area contributed by atoms with Crippen LogP contribution in [0.5, 0.6) is 0 Å². The lowest BCUT2D eigenvalue weighted by Gasteiger charge is -2.15. The van der Waals surface area contributed by atoms with Gasteiger partial charge in [0.2, 0.25) is 0 Å². The molecule has 0 unspecified atom stereocenters. The summed E-state index contributed by atoms with van der Waals surface area (Å²) in [5.74, 6) is -3.24. The number of carbonyl (C=O) groups excluding carboxylic acids is 1. The van der Waals surface area contributed by atoms with Gasteiger partial charge in [0.1, 0.15) is 18.2 Å². The molecule has 2 nitrogen and oxygen atoms in total. The van der Waals surface area contributed by atoms with Gasteiger partial charge in [-0.3, -0.25) is 4.79 Å². The summed E-state index contributed by atoms with van der Waals surface area (Å²) in [6.45, 7) is 6.62. The Morgan fingerprint density at radius 2 is 1.64 bits per heavy atom. The Kier molecular flexibility index (Phi) is 5.59. The summed E-state index contributed by atoms with van der Waals surface area (Å²) in [4.78, 5) is 12.3. The molecular weight excluding hydrogens is 336 g/mol. The van der Waals surface area contributed by atoms with E-state index in [4.69, 9.17) is 4.74 Å². The zero-order valence-corrected chi connectivity index (χ0v) is 14.8. The summed E-state index contributed by atoms with van der Waals surface area (Å²) in [5.41, 5.74) is 0.340. The molecule has 0 amide bonds. The molecule has 0 radical (unpaired) electrons. The fraction of sp³-hybridized carbons (Fsp3) is 0.526. The zero-order chi connectivity index (χ0) is 18.9. The van der Waals surface area contributed by atoms with Crippen molar-refractivity contribution in [2.24, 2.45) is 17.3 Å². The molecule has 0 heterocycles. The molecule has 0 aliphatic heterocycles. The van der Waals surface area contributed by atoms with Gasteiger partial charge in [-0.05, 0) is 35.5 Å². The monoisotopic (exact) mass is 358 g/mol. The number of esters is 1. The highest BCUT2D eigenvalue weighted by molar-refractivity contribution is 5.78. The Morgan fingerprint density at radius 3 is 2.08 bits per heavy atom. The summed E-state index contributed by atoms with van der Waals surface area (Å²) in [6.07, 6.45) is -0.399. The standard InChI is InChI=1S/C19H22F4O2/c1-5-10-12(11(6-2)15(21)8-14(10)20)9-25-18(24)17-13(7-16(22)23)19(17,3)4/h7-8,13,17H,5-6,9H2,1-4H3/t13-,17+/m1/s1. The van der Waals surface area contributed by atoms with Crippen molar-refractivity contribution in [1.29, 1.82) is 0 Å². The number of ether oxygens (including phenoxy) is 1. The van der Waals surface area contributed by atoms with Crippen LogP contribution < -0.4 is 0 Å². The summed E-state index contributed by atoms with van der Waals surface area (Å²) in [6, 6.07) is 0.845. The van der Waals surface area contributed by atoms with E-state index >= 15 is 0 Å². The third-order valence-corrected chi connectivity index (χ3v) is 5.09. The minimum atomic E-state index is -1.83. The molecule has 6 heteroatoms. The summed E-state index contributed by atoms with van der Waals surface area (Å²) in [7, 11) is 0. The third-order valence-electron chi connectivity index (χ3n) is 5.09. The van der Waals surface area contributed by atoms with Gasteiger partial charge in [-0.1, -0.05) is 27.7 Å². The maximum atomic E-state index is 14.0. The number of hydrogen-bond donors (Lipinski definition) is 0. The molecular formula is C19H22F4O2. The highest BCUT2D eigenvalue weighted by Gasteiger charge is 2.62. The maximum absolute atomic E-state index is 14.0. The van der Waals surface area contributed by atoms with Crippen LogP contribution in [0.3, 0.4) is 0 Å². The predicted octanol–water partition coefficient (Wildman–Crippen LogP) is 5.19. The van der Waals surface area contributed by atoms with Crippen LogP contribution in [-0.2, 0) is 29.0 Å². The molecule has 0 aromatic heterocycles. The van der Waals surface area contributed by atoms with Crippen LogP contribution in [0.15, 0.2) is 18.2 Å². The van der Waals surface area contributed by atoms with Gasteiger partial charge in [0.25, 0.3) is 6.08 Å². The Hall–Kier alpha value is -1.85. The van der Waals surface area contributed by atoms with Crippen molar-refractivity contribution in [3.63, 3.8) is 0 Å². The van der Waals surface area contributed by atoms with Crippen LogP contribution in [0.2, 0.25) is 0 Å². The third kappa shape index (κ3) is 3.72. The SMILES string of the molecule is CCc1c(F)cc(F)c(CC)c1COC(=O)[C@@H]1[C@@H](C=C(F)F)C1(C)C. The molecule has 1 fully saturated rings. The first-order valence-electron chi connectivity index (χ1n) is 8.33. The molecule has 2 rings (SSSR count). The second-order valence-corrected chi connectivity index (χ2v) is 6.87. The zero-order valence-electron chi connectivity index (χ0n) is 14.8. The minimum Gasteiger partial charge on any atom is -0.461 e. The number of benzene rings is 1. The Morgan fingerprint density at radius 1 is 1.12 bits per heavy atom. The molecule has 1 saturated carbocycles. The van der Waals surface area contributed by atoms with E-state index in [0.29, 0.717) is 29.5 Å². The molecule has 1 aromatic carbocycles. The maximum Gasteiger partial charge on any atom is 0.310 e. The number of allylic oxidation sites excluding steroid dienone is 1. The minimum absolute atomic E-state index is 0.263. The van der Waals surface area contributed by atoms with E-state index < -0.39 is 40.9 Å². The molecule has 0 spiro atoms.